The fourth-order valence-corrected chi connectivity index (χ4v) is 2.54. The number of hydrazone groups is 1. The van der Waals surface area contributed by atoms with Crippen LogP contribution < -0.4 is 5.43 Å². The van der Waals surface area contributed by atoms with E-state index >= 15 is 0 Å². The van der Waals surface area contributed by atoms with Crippen molar-refractivity contribution in [2.75, 3.05) is 5.43 Å². The third-order valence-corrected chi connectivity index (χ3v) is 3.90. The van der Waals surface area contributed by atoms with E-state index in [0.717, 1.165) is 30.5 Å². The van der Waals surface area contributed by atoms with Crippen LogP contribution in [0.2, 0.25) is 0 Å². The van der Waals surface area contributed by atoms with Gasteiger partial charge in [-0.2, -0.15) is 13.5 Å². The van der Waals surface area contributed by atoms with E-state index in [-0.39, 0.29) is 11.3 Å². The summed E-state index contributed by atoms with van der Waals surface area (Å²) in [5, 5.41) is 25.3. The molecule has 0 saturated heterocycles. The second-order valence-electron chi connectivity index (χ2n) is 4.60. The molecule has 130 valence electrons. The first-order valence-electron chi connectivity index (χ1n) is 6.48. The van der Waals surface area contributed by atoms with Crippen molar-refractivity contribution in [3.05, 3.63) is 68.3 Å². The Bertz CT molecular complexity index is 972. The van der Waals surface area contributed by atoms with Crippen molar-refractivity contribution in [2.24, 2.45) is 5.10 Å². The van der Waals surface area contributed by atoms with E-state index in [1.54, 1.807) is 0 Å². The maximum absolute atomic E-state index is 11.3. The second-order valence-corrected chi connectivity index (χ2v) is 5.99. The van der Waals surface area contributed by atoms with Gasteiger partial charge in [0.2, 0.25) is 0 Å². The first kappa shape index (κ1) is 18.0. The van der Waals surface area contributed by atoms with Gasteiger partial charge in [-0.15, -0.1) is 0 Å². The number of nitrogens with zero attached hydrogens (tertiary/aromatic N) is 3. The molecular weight excluding hydrogens is 356 g/mol. The van der Waals surface area contributed by atoms with Crippen molar-refractivity contribution < 1.29 is 22.8 Å². The van der Waals surface area contributed by atoms with Crippen LogP contribution in [0, 0.1) is 20.2 Å². The number of rotatable bonds is 6. The summed E-state index contributed by atoms with van der Waals surface area (Å²) in [5.41, 5.74) is 1.20. The quantitative estimate of drug-likeness (QED) is 0.340. The number of nitro groups is 2. The average Bonchev–Trinajstić information content (AvgIpc) is 2.54. The molecule has 0 spiro atoms. The first-order valence-corrected chi connectivity index (χ1v) is 7.92. The van der Waals surface area contributed by atoms with Crippen LogP contribution in [0.1, 0.15) is 5.56 Å². The van der Waals surface area contributed by atoms with E-state index in [1.807, 2.05) is 0 Å². The highest BCUT2D eigenvalue weighted by Gasteiger charge is 2.19. The Kier molecular flexibility index (Phi) is 5.05. The molecule has 0 fully saturated rings. The van der Waals surface area contributed by atoms with Gasteiger partial charge in [0.05, 0.1) is 22.1 Å². The maximum Gasteiger partial charge on any atom is 0.301 e. The molecule has 2 rings (SSSR count). The van der Waals surface area contributed by atoms with E-state index in [2.05, 4.69) is 10.5 Å². The Morgan fingerprint density at radius 3 is 2.36 bits per heavy atom. The van der Waals surface area contributed by atoms with Crippen molar-refractivity contribution >= 4 is 33.4 Å². The van der Waals surface area contributed by atoms with Crippen LogP contribution in [0.15, 0.2) is 52.5 Å². The molecule has 0 unspecified atom stereocenters. The molecule has 2 aromatic rings. The summed E-state index contributed by atoms with van der Waals surface area (Å²) in [4.78, 5) is 19.7. The third kappa shape index (κ3) is 4.33. The summed E-state index contributed by atoms with van der Waals surface area (Å²) in [6.45, 7) is 0. The molecule has 0 aliphatic heterocycles. The molecule has 12 heteroatoms. The third-order valence-electron chi connectivity index (χ3n) is 2.97. The molecule has 2 aromatic carbocycles. The van der Waals surface area contributed by atoms with Crippen LogP contribution in [0.5, 0.6) is 0 Å². The molecule has 25 heavy (non-hydrogen) atoms. The molecular formula is C13H10N4O7S. The zero-order valence-corrected chi connectivity index (χ0v) is 13.1. The van der Waals surface area contributed by atoms with Crippen LogP contribution in [0.25, 0.3) is 0 Å². The number of nitro benzene ring substituents is 2. The summed E-state index contributed by atoms with van der Waals surface area (Å²) in [6, 6.07) is 8.34. The van der Waals surface area contributed by atoms with Gasteiger partial charge in [-0.3, -0.25) is 30.2 Å². The molecule has 0 bridgehead atoms. The van der Waals surface area contributed by atoms with Gasteiger partial charge in [-0.25, -0.2) is 0 Å². The summed E-state index contributed by atoms with van der Waals surface area (Å²) in [5.74, 6) is 0. The normalized spacial score (nSPS) is 11.4. The number of hydrogen-bond acceptors (Lipinski definition) is 8. The molecule has 0 amide bonds. The number of nitrogens with one attached hydrogen (secondary N) is 1. The zero-order chi connectivity index (χ0) is 18.6. The highest BCUT2D eigenvalue weighted by Crippen LogP contribution is 2.28. The number of non-ortho nitro benzene ring substituents is 1. The summed E-state index contributed by atoms with van der Waals surface area (Å²) in [6.07, 6.45) is 1.04. The van der Waals surface area contributed by atoms with Gasteiger partial charge in [0, 0.05) is 11.6 Å². The van der Waals surface area contributed by atoms with E-state index < -0.39 is 36.2 Å². The lowest BCUT2D eigenvalue weighted by molar-refractivity contribution is -0.393. The standard InChI is InChI=1S/C13H10N4O7S/c18-16(19)10-5-6-11(12(7-10)17(20)21)15-14-8-9-3-1-2-4-13(9)25(22,23)24/h1-8,15H,(H,22,23,24). The maximum atomic E-state index is 11.3. The molecule has 0 aliphatic carbocycles. The van der Waals surface area contributed by atoms with Crippen LogP contribution >= 0.6 is 0 Å². The van der Waals surface area contributed by atoms with E-state index in [0.29, 0.717) is 0 Å². The molecule has 0 aliphatic rings. The van der Waals surface area contributed by atoms with Crippen molar-refractivity contribution in [3.63, 3.8) is 0 Å². The van der Waals surface area contributed by atoms with Crippen molar-refractivity contribution in [2.45, 2.75) is 4.90 Å². The topological polar surface area (TPSA) is 165 Å². The lowest BCUT2D eigenvalue weighted by atomic mass is 10.2. The Morgan fingerprint density at radius 1 is 1.08 bits per heavy atom. The molecule has 2 N–H and O–H groups in total. The Balaban J connectivity index is 2.32. The largest absolute Gasteiger partial charge is 0.301 e. The van der Waals surface area contributed by atoms with Gasteiger partial charge < -0.3 is 0 Å². The van der Waals surface area contributed by atoms with E-state index in [4.69, 9.17) is 4.55 Å². The molecule has 0 aromatic heterocycles. The lowest BCUT2D eigenvalue weighted by Crippen LogP contribution is -2.03. The van der Waals surface area contributed by atoms with E-state index in [1.165, 1.54) is 18.2 Å². The van der Waals surface area contributed by atoms with Gasteiger partial charge in [-0.05, 0) is 12.1 Å². The average molecular weight is 366 g/mol. The molecule has 0 radical (unpaired) electrons. The van der Waals surface area contributed by atoms with Crippen LogP contribution in [0.3, 0.4) is 0 Å². The lowest BCUT2D eigenvalue weighted by Gasteiger charge is -2.03. The molecule has 0 heterocycles. The monoisotopic (exact) mass is 366 g/mol. The fraction of sp³-hybridized carbons (Fsp3) is 0. The predicted octanol–water partition coefficient (Wildman–Crippen LogP) is 2.20. The SMILES string of the molecule is O=[N+]([O-])c1ccc(NN=Cc2ccccc2S(=O)(=O)O)c([N+](=O)[O-])c1. The van der Waals surface area contributed by atoms with Crippen LogP contribution in [-0.2, 0) is 10.1 Å². The van der Waals surface area contributed by atoms with Crippen LogP contribution in [0.4, 0.5) is 17.1 Å². The molecule has 11 nitrogen and oxygen atoms in total. The highest BCUT2D eigenvalue weighted by atomic mass is 32.2. The van der Waals surface area contributed by atoms with E-state index in [9.17, 15) is 28.6 Å². The number of benzene rings is 2. The summed E-state index contributed by atoms with van der Waals surface area (Å²) in [7, 11) is -4.47. The van der Waals surface area contributed by atoms with Crippen LogP contribution in [-0.4, -0.2) is 29.0 Å². The predicted molar refractivity (Wildman–Crippen MR) is 87.2 cm³/mol. The fourth-order valence-electron chi connectivity index (χ4n) is 1.87. The highest BCUT2D eigenvalue weighted by molar-refractivity contribution is 7.86. The van der Waals surface area contributed by atoms with Gasteiger partial charge in [0.15, 0.2) is 0 Å². The van der Waals surface area contributed by atoms with Gasteiger partial charge >= 0.3 is 5.69 Å². The van der Waals surface area contributed by atoms with Crippen molar-refractivity contribution in [1.29, 1.82) is 0 Å². The smallest absolute Gasteiger partial charge is 0.282 e. The Morgan fingerprint density at radius 2 is 1.76 bits per heavy atom. The Labute approximate surface area is 140 Å². The summed E-state index contributed by atoms with van der Waals surface area (Å²) >= 11 is 0. The minimum atomic E-state index is -4.47. The first-order chi connectivity index (χ1) is 11.7. The summed E-state index contributed by atoms with van der Waals surface area (Å²) < 4.78 is 31.6. The zero-order valence-electron chi connectivity index (χ0n) is 12.3. The van der Waals surface area contributed by atoms with Gasteiger partial charge in [-0.1, -0.05) is 18.2 Å². The van der Waals surface area contributed by atoms with Crippen molar-refractivity contribution in [1.82, 2.24) is 0 Å². The number of hydrogen-bond donors (Lipinski definition) is 2. The van der Waals surface area contributed by atoms with Gasteiger partial charge in [0.1, 0.15) is 10.6 Å². The second kappa shape index (κ2) is 7.02. The Hall–Kier alpha value is -3.38. The van der Waals surface area contributed by atoms with Gasteiger partial charge in [0.25, 0.3) is 15.8 Å². The molecule has 0 saturated carbocycles. The van der Waals surface area contributed by atoms with Crippen molar-refractivity contribution in [3.8, 4) is 0 Å². The number of anilines is 1. The minimum Gasteiger partial charge on any atom is -0.282 e. The minimum absolute atomic E-state index is 0.0436. The molecule has 0 atom stereocenters.